The van der Waals surface area contributed by atoms with E-state index in [9.17, 15) is 14.4 Å². The molecule has 0 atom stereocenters. The molecular weight excluding hydrogens is 276 g/mol. The van der Waals surface area contributed by atoms with E-state index >= 15 is 0 Å². The first kappa shape index (κ1) is 15.0. The molecule has 1 fully saturated rings. The summed E-state index contributed by atoms with van der Waals surface area (Å²) < 4.78 is 1.45. The molecule has 8 nitrogen and oxygen atoms in total. The maximum atomic E-state index is 11.6. The SMILES string of the molecule is O=C(O)CCCC(=O)Nc1cnn(CC(=O)NC2CC2)c1. The molecule has 1 aromatic rings. The zero-order valence-corrected chi connectivity index (χ0v) is 11.5. The average Bonchev–Trinajstić information content (AvgIpc) is 3.09. The normalized spacial score (nSPS) is 13.7. The van der Waals surface area contributed by atoms with Crippen LogP contribution in [0.15, 0.2) is 12.4 Å². The van der Waals surface area contributed by atoms with Crippen molar-refractivity contribution in [2.75, 3.05) is 5.32 Å². The van der Waals surface area contributed by atoms with Crippen LogP contribution < -0.4 is 10.6 Å². The van der Waals surface area contributed by atoms with Gasteiger partial charge in [-0.15, -0.1) is 0 Å². The van der Waals surface area contributed by atoms with E-state index in [4.69, 9.17) is 5.11 Å². The lowest BCUT2D eigenvalue weighted by Crippen LogP contribution is -2.29. The van der Waals surface area contributed by atoms with Crippen molar-refractivity contribution in [3.8, 4) is 0 Å². The molecule has 1 aliphatic carbocycles. The lowest BCUT2D eigenvalue weighted by atomic mass is 10.2. The number of carbonyl (C=O) groups excluding carboxylic acids is 2. The van der Waals surface area contributed by atoms with Crippen LogP contribution in [0.3, 0.4) is 0 Å². The second kappa shape index (κ2) is 6.87. The predicted octanol–water partition coefficient (Wildman–Crippen LogP) is 0.355. The van der Waals surface area contributed by atoms with E-state index in [1.54, 1.807) is 6.20 Å². The number of hydrogen-bond donors (Lipinski definition) is 3. The highest BCUT2D eigenvalue weighted by Crippen LogP contribution is 2.18. The molecule has 0 bridgehead atoms. The van der Waals surface area contributed by atoms with Crippen molar-refractivity contribution < 1.29 is 19.5 Å². The summed E-state index contributed by atoms with van der Waals surface area (Å²) in [6, 6.07) is 0.307. The highest BCUT2D eigenvalue weighted by molar-refractivity contribution is 5.90. The van der Waals surface area contributed by atoms with Crippen molar-refractivity contribution in [2.24, 2.45) is 0 Å². The Bertz CT molecular complexity index is 536. The van der Waals surface area contributed by atoms with Gasteiger partial charge in [-0.3, -0.25) is 19.1 Å². The van der Waals surface area contributed by atoms with Gasteiger partial charge in [0.1, 0.15) is 6.54 Å². The lowest BCUT2D eigenvalue weighted by molar-refractivity contribution is -0.137. The predicted molar refractivity (Wildman–Crippen MR) is 73.5 cm³/mol. The lowest BCUT2D eigenvalue weighted by Gasteiger charge is -2.03. The molecule has 21 heavy (non-hydrogen) atoms. The summed E-state index contributed by atoms with van der Waals surface area (Å²) in [6.45, 7) is 0.116. The van der Waals surface area contributed by atoms with Gasteiger partial charge in [-0.2, -0.15) is 5.10 Å². The molecule has 1 heterocycles. The fraction of sp³-hybridized carbons (Fsp3) is 0.538. The molecule has 1 aliphatic rings. The third-order valence-electron chi connectivity index (χ3n) is 2.96. The van der Waals surface area contributed by atoms with Crippen molar-refractivity contribution in [1.29, 1.82) is 0 Å². The second-order valence-electron chi connectivity index (χ2n) is 5.06. The number of anilines is 1. The Kier molecular flexibility index (Phi) is 4.91. The number of rotatable bonds is 8. The molecule has 1 saturated carbocycles. The van der Waals surface area contributed by atoms with Crippen molar-refractivity contribution in [3.05, 3.63) is 12.4 Å². The van der Waals surface area contributed by atoms with Crippen LogP contribution in [0.2, 0.25) is 0 Å². The standard InChI is InChI=1S/C13H18N4O4/c18-11(2-1-3-13(20)21)16-10-6-14-17(7-10)8-12(19)15-9-4-5-9/h6-7,9H,1-5,8H2,(H,15,19)(H,16,18)(H,20,21). The first-order valence-electron chi connectivity index (χ1n) is 6.86. The number of amides is 2. The Hall–Kier alpha value is -2.38. The second-order valence-corrected chi connectivity index (χ2v) is 5.06. The molecular formula is C13H18N4O4. The van der Waals surface area contributed by atoms with Crippen molar-refractivity contribution in [3.63, 3.8) is 0 Å². The zero-order valence-electron chi connectivity index (χ0n) is 11.5. The molecule has 0 aliphatic heterocycles. The molecule has 0 unspecified atom stereocenters. The third kappa shape index (κ3) is 5.64. The highest BCUT2D eigenvalue weighted by Gasteiger charge is 2.23. The topological polar surface area (TPSA) is 113 Å². The number of carboxylic acids is 1. The van der Waals surface area contributed by atoms with Crippen LogP contribution in [0.5, 0.6) is 0 Å². The molecule has 0 saturated heterocycles. The van der Waals surface area contributed by atoms with Crippen molar-refractivity contribution in [2.45, 2.75) is 44.7 Å². The fourth-order valence-electron chi connectivity index (χ4n) is 1.79. The Morgan fingerprint density at radius 2 is 2.05 bits per heavy atom. The Morgan fingerprint density at radius 3 is 2.71 bits per heavy atom. The summed E-state index contributed by atoms with van der Waals surface area (Å²) in [7, 11) is 0. The number of nitrogens with zero attached hydrogens (tertiary/aromatic N) is 2. The van der Waals surface area contributed by atoms with E-state index < -0.39 is 5.97 Å². The van der Waals surface area contributed by atoms with Crippen LogP contribution in [0.4, 0.5) is 5.69 Å². The van der Waals surface area contributed by atoms with Gasteiger partial charge >= 0.3 is 5.97 Å². The van der Waals surface area contributed by atoms with Crippen LogP contribution in [0.25, 0.3) is 0 Å². The van der Waals surface area contributed by atoms with Crippen molar-refractivity contribution in [1.82, 2.24) is 15.1 Å². The molecule has 8 heteroatoms. The van der Waals surface area contributed by atoms with Gasteiger partial charge in [0.15, 0.2) is 0 Å². The molecule has 1 aromatic heterocycles. The minimum Gasteiger partial charge on any atom is -0.481 e. The van der Waals surface area contributed by atoms with E-state index in [0.29, 0.717) is 18.2 Å². The van der Waals surface area contributed by atoms with Gasteiger partial charge in [0.05, 0.1) is 11.9 Å². The number of carboxylic acid groups (broad SMARTS) is 1. The first-order chi connectivity index (χ1) is 10.0. The van der Waals surface area contributed by atoms with Gasteiger partial charge in [0.2, 0.25) is 11.8 Å². The number of nitrogens with one attached hydrogen (secondary N) is 2. The van der Waals surface area contributed by atoms with E-state index in [0.717, 1.165) is 12.8 Å². The molecule has 0 radical (unpaired) electrons. The number of hydrogen-bond acceptors (Lipinski definition) is 4. The number of aromatic nitrogens is 2. The maximum Gasteiger partial charge on any atom is 0.303 e. The summed E-state index contributed by atoms with van der Waals surface area (Å²) in [4.78, 5) is 33.5. The maximum absolute atomic E-state index is 11.6. The summed E-state index contributed by atoms with van der Waals surface area (Å²) in [6.07, 6.45) is 5.48. The Morgan fingerprint density at radius 1 is 1.29 bits per heavy atom. The summed E-state index contributed by atoms with van der Waals surface area (Å²) in [5.74, 6) is -1.28. The first-order valence-corrected chi connectivity index (χ1v) is 6.86. The minimum atomic E-state index is -0.919. The zero-order chi connectivity index (χ0) is 15.2. The van der Waals surface area contributed by atoms with E-state index in [1.165, 1.54) is 10.9 Å². The van der Waals surface area contributed by atoms with E-state index in [2.05, 4.69) is 15.7 Å². The number of aliphatic carboxylic acids is 1. The van der Waals surface area contributed by atoms with Gasteiger partial charge in [0, 0.05) is 25.1 Å². The van der Waals surface area contributed by atoms with Crippen molar-refractivity contribution >= 4 is 23.5 Å². The molecule has 2 amide bonds. The van der Waals surface area contributed by atoms with E-state index in [1.807, 2.05) is 0 Å². The van der Waals surface area contributed by atoms with Gasteiger partial charge in [-0.25, -0.2) is 0 Å². The summed E-state index contributed by atoms with van der Waals surface area (Å²) in [5.41, 5.74) is 0.495. The molecule has 0 spiro atoms. The van der Waals surface area contributed by atoms with Crippen LogP contribution >= 0.6 is 0 Å². The van der Waals surface area contributed by atoms with Crippen LogP contribution in [-0.2, 0) is 20.9 Å². The summed E-state index contributed by atoms with van der Waals surface area (Å²) in [5, 5.41) is 17.9. The largest absolute Gasteiger partial charge is 0.481 e. The van der Waals surface area contributed by atoms with Gasteiger partial charge in [0.25, 0.3) is 0 Å². The van der Waals surface area contributed by atoms with Gasteiger partial charge in [-0.05, 0) is 19.3 Å². The fourth-order valence-corrected chi connectivity index (χ4v) is 1.79. The van der Waals surface area contributed by atoms with Crippen LogP contribution in [0.1, 0.15) is 32.1 Å². The molecule has 114 valence electrons. The van der Waals surface area contributed by atoms with Crippen LogP contribution in [0, 0.1) is 0 Å². The Balaban J connectivity index is 1.72. The monoisotopic (exact) mass is 294 g/mol. The third-order valence-corrected chi connectivity index (χ3v) is 2.96. The summed E-state index contributed by atoms with van der Waals surface area (Å²) >= 11 is 0. The van der Waals surface area contributed by atoms with E-state index in [-0.39, 0.29) is 31.2 Å². The highest BCUT2D eigenvalue weighted by atomic mass is 16.4. The minimum absolute atomic E-state index is 0.0337. The van der Waals surface area contributed by atoms with Crippen LogP contribution in [-0.4, -0.2) is 38.7 Å². The number of carbonyl (C=O) groups is 3. The molecule has 0 aromatic carbocycles. The Labute approximate surface area is 121 Å². The van der Waals surface area contributed by atoms with Gasteiger partial charge in [-0.1, -0.05) is 0 Å². The molecule has 3 N–H and O–H groups in total. The quantitative estimate of drug-likeness (QED) is 0.640. The average molecular weight is 294 g/mol. The molecule has 2 rings (SSSR count). The van der Waals surface area contributed by atoms with Gasteiger partial charge < -0.3 is 15.7 Å². The smallest absolute Gasteiger partial charge is 0.303 e.